The van der Waals surface area contributed by atoms with E-state index in [1.807, 2.05) is 11.0 Å². The molecule has 0 radical (unpaired) electrons. The van der Waals surface area contributed by atoms with Crippen LogP contribution in [0.5, 0.6) is 0 Å². The number of amides is 1. The molecule has 2 aromatic rings. The molecule has 3 rings (SSSR count). The van der Waals surface area contributed by atoms with Crippen LogP contribution < -0.4 is 5.32 Å². The third-order valence-corrected chi connectivity index (χ3v) is 4.35. The average Bonchev–Trinajstić information content (AvgIpc) is 3.07. The van der Waals surface area contributed by atoms with Gasteiger partial charge in [-0.2, -0.15) is 0 Å². The third kappa shape index (κ3) is 4.85. The SMILES string of the molecule is CC(C)Cc1cc(CNC2CCN(C(=O)c3cnccn3)CC2)on1. The summed E-state index contributed by atoms with van der Waals surface area (Å²) in [7, 11) is 0. The van der Waals surface area contributed by atoms with Crippen molar-refractivity contribution in [2.45, 2.75) is 45.7 Å². The highest BCUT2D eigenvalue weighted by Crippen LogP contribution is 2.14. The molecule has 1 fully saturated rings. The molecule has 2 aromatic heterocycles. The molecule has 0 aliphatic carbocycles. The number of hydrogen-bond donors (Lipinski definition) is 1. The van der Waals surface area contributed by atoms with Crippen LogP contribution in [0, 0.1) is 5.92 Å². The number of nitrogens with zero attached hydrogens (tertiary/aromatic N) is 4. The van der Waals surface area contributed by atoms with E-state index in [0.29, 0.717) is 24.2 Å². The minimum atomic E-state index is -0.0416. The van der Waals surface area contributed by atoms with Crippen LogP contribution in [0.25, 0.3) is 0 Å². The summed E-state index contributed by atoms with van der Waals surface area (Å²) in [5, 5.41) is 7.61. The number of piperidine rings is 1. The van der Waals surface area contributed by atoms with Gasteiger partial charge in [0.1, 0.15) is 5.69 Å². The summed E-state index contributed by atoms with van der Waals surface area (Å²) < 4.78 is 5.38. The number of likely N-dealkylation sites (tertiary alicyclic amines) is 1. The largest absolute Gasteiger partial charge is 0.360 e. The molecule has 0 unspecified atom stereocenters. The fourth-order valence-electron chi connectivity index (χ4n) is 3.06. The Morgan fingerprint density at radius 1 is 1.36 bits per heavy atom. The smallest absolute Gasteiger partial charge is 0.274 e. The van der Waals surface area contributed by atoms with Gasteiger partial charge in [0, 0.05) is 37.6 Å². The first kappa shape index (κ1) is 17.5. The fourth-order valence-corrected chi connectivity index (χ4v) is 3.06. The van der Waals surface area contributed by atoms with Gasteiger partial charge in [0.2, 0.25) is 0 Å². The van der Waals surface area contributed by atoms with Gasteiger partial charge in [-0.05, 0) is 25.2 Å². The Balaban J connectivity index is 1.43. The molecule has 0 aromatic carbocycles. The third-order valence-electron chi connectivity index (χ3n) is 4.35. The molecule has 1 aliphatic heterocycles. The van der Waals surface area contributed by atoms with Gasteiger partial charge < -0.3 is 14.7 Å². The molecule has 1 amide bonds. The maximum Gasteiger partial charge on any atom is 0.274 e. The number of nitrogens with one attached hydrogen (secondary N) is 1. The highest BCUT2D eigenvalue weighted by Gasteiger charge is 2.24. The highest BCUT2D eigenvalue weighted by atomic mass is 16.5. The first-order valence-corrected chi connectivity index (χ1v) is 8.85. The molecule has 1 saturated heterocycles. The van der Waals surface area contributed by atoms with E-state index in [0.717, 1.165) is 43.8 Å². The summed E-state index contributed by atoms with van der Waals surface area (Å²) in [5.41, 5.74) is 1.42. The highest BCUT2D eigenvalue weighted by molar-refractivity contribution is 5.92. The van der Waals surface area contributed by atoms with E-state index in [1.165, 1.54) is 6.20 Å². The lowest BCUT2D eigenvalue weighted by atomic mass is 10.0. The summed E-state index contributed by atoms with van der Waals surface area (Å²) in [6.07, 6.45) is 7.41. The van der Waals surface area contributed by atoms with Gasteiger partial charge in [0.25, 0.3) is 5.91 Å². The Labute approximate surface area is 147 Å². The predicted octanol–water partition coefficient (Wildman–Crippen LogP) is 2.06. The average molecular weight is 343 g/mol. The van der Waals surface area contributed by atoms with Crippen molar-refractivity contribution >= 4 is 5.91 Å². The molecular weight excluding hydrogens is 318 g/mol. The van der Waals surface area contributed by atoms with Crippen LogP contribution in [0.4, 0.5) is 0 Å². The lowest BCUT2D eigenvalue weighted by molar-refractivity contribution is 0.0697. The zero-order valence-electron chi connectivity index (χ0n) is 14.8. The summed E-state index contributed by atoms with van der Waals surface area (Å²) in [4.78, 5) is 22.2. The zero-order chi connectivity index (χ0) is 17.6. The van der Waals surface area contributed by atoms with E-state index >= 15 is 0 Å². The van der Waals surface area contributed by atoms with Crippen LogP contribution in [0.1, 0.15) is 48.6 Å². The predicted molar refractivity (Wildman–Crippen MR) is 92.8 cm³/mol. The molecule has 25 heavy (non-hydrogen) atoms. The number of carbonyl (C=O) groups is 1. The second-order valence-electron chi connectivity index (χ2n) is 6.92. The van der Waals surface area contributed by atoms with Crippen molar-refractivity contribution in [3.8, 4) is 0 Å². The second kappa shape index (κ2) is 8.20. The van der Waals surface area contributed by atoms with E-state index in [2.05, 4.69) is 34.3 Å². The Morgan fingerprint density at radius 2 is 2.16 bits per heavy atom. The van der Waals surface area contributed by atoms with Gasteiger partial charge in [-0.15, -0.1) is 0 Å². The van der Waals surface area contributed by atoms with Crippen molar-refractivity contribution in [1.29, 1.82) is 0 Å². The molecule has 1 N–H and O–H groups in total. The van der Waals surface area contributed by atoms with Gasteiger partial charge in [0.05, 0.1) is 18.4 Å². The van der Waals surface area contributed by atoms with Crippen molar-refractivity contribution in [2.75, 3.05) is 13.1 Å². The molecule has 1 aliphatic rings. The molecule has 3 heterocycles. The first-order valence-electron chi connectivity index (χ1n) is 8.85. The molecule has 0 atom stereocenters. The maximum absolute atomic E-state index is 12.4. The van der Waals surface area contributed by atoms with E-state index in [1.54, 1.807) is 12.4 Å². The van der Waals surface area contributed by atoms with Gasteiger partial charge in [-0.3, -0.25) is 9.78 Å². The summed E-state index contributed by atoms with van der Waals surface area (Å²) in [6, 6.07) is 2.41. The van der Waals surface area contributed by atoms with Crippen LogP contribution in [0.15, 0.2) is 29.2 Å². The maximum atomic E-state index is 12.4. The number of hydrogen-bond acceptors (Lipinski definition) is 6. The van der Waals surface area contributed by atoms with Crippen molar-refractivity contribution in [2.24, 2.45) is 5.92 Å². The number of aromatic nitrogens is 3. The van der Waals surface area contributed by atoms with Crippen molar-refractivity contribution in [3.63, 3.8) is 0 Å². The minimum Gasteiger partial charge on any atom is -0.360 e. The van der Waals surface area contributed by atoms with E-state index in [9.17, 15) is 4.79 Å². The monoisotopic (exact) mass is 343 g/mol. The summed E-state index contributed by atoms with van der Waals surface area (Å²) >= 11 is 0. The quantitative estimate of drug-likeness (QED) is 0.864. The number of carbonyl (C=O) groups excluding carboxylic acids is 1. The van der Waals surface area contributed by atoms with Gasteiger partial charge in [0.15, 0.2) is 5.76 Å². The van der Waals surface area contributed by atoms with Crippen LogP contribution in [0.2, 0.25) is 0 Å². The lowest BCUT2D eigenvalue weighted by Gasteiger charge is -2.32. The van der Waals surface area contributed by atoms with Gasteiger partial charge in [-0.1, -0.05) is 19.0 Å². The van der Waals surface area contributed by atoms with Gasteiger partial charge >= 0.3 is 0 Å². The molecule has 7 nitrogen and oxygen atoms in total. The Bertz CT molecular complexity index is 678. The lowest BCUT2D eigenvalue weighted by Crippen LogP contribution is -2.44. The van der Waals surface area contributed by atoms with Crippen LogP contribution >= 0.6 is 0 Å². The second-order valence-corrected chi connectivity index (χ2v) is 6.92. The molecule has 7 heteroatoms. The number of rotatable bonds is 6. The molecule has 0 bridgehead atoms. The first-order chi connectivity index (χ1) is 12.1. The normalized spacial score (nSPS) is 15.7. The van der Waals surface area contributed by atoms with Crippen molar-refractivity contribution in [3.05, 3.63) is 41.8 Å². The van der Waals surface area contributed by atoms with Gasteiger partial charge in [-0.25, -0.2) is 4.98 Å². The fraction of sp³-hybridized carbons (Fsp3) is 0.556. The van der Waals surface area contributed by atoms with E-state index in [-0.39, 0.29) is 5.91 Å². The Hall–Kier alpha value is -2.28. The molecule has 0 spiro atoms. The van der Waals surface area contributed by atoms with E-state index in [4.69, 9.17) is 4.52 Å². The minimum absolute atomic E-state index is 0.0416. The summed E-state index contributed by atoms with van der Waals surface area (Å²) in [6.45, 7) is 6.46. The zero-order valence-corrected chi connectivity index (χ0v) is 14.8. The topological polar surface area (TPSA) is 84.2 Å². The Kier molecular flexibility index (Phi) is 5.75. The summed E-state index contributed by atoms with van der Waals surface area (Å²) in [5.74, 6) is 1.40. The standard InChI is InChI=1S/C18H25N5O2/c1-13(2)9-15-10-16(25-22-15)11-21-14-3-7-23(8-4-14)18(24)17-12-19-5-6-20-17/h5-6,10,12-14,21H,3-4,7-9,11H2,1-2H3. The molecule has 134 valence electrons. The van der Waals surface area contributed by atoms with Crippen molar-refractivity contribution < 1.29 is 9.32 Å². The van der Waals surface area contributed by atoms with Crippen LogP contribution in [-0.2, 0) is 13.0 Å². The van der Waals surface area contributed by atoms with E-state index < -0.39 is 0 Å². The molecule has 0 saturated carbocycles. The Morgan fingerprint density at radius 3 is 2.84 bits per heavy atom. The van der Waals surface area contributed by atoms with Crippen molar-refractivity contribution in [1.82, 2.24) is 25.3 Å². The van der Waals surface area contributed by atoms with Crippen LogP contribution in [-0.4, -0.2) is 45.1 Å². The molecular formula is C18H25N5O2. The van der Waals surface area contributed by atoms with Crippen LogP contribution in [0.3, 0.4) is 0 Å².